The van der Waals surface area contributed by atoms with Gasteiger partial charge in [0, 0.05) is 35.9 Å². The van der Waals surface area contributed by atoms with Gasteiger partial charge in [-0.2, -0.15) is 0 Å². The van der Waals surface area contributed by atoms with E-state index in [2.05, 4.69) is 18.0 Å². The van der Waals surface area contributed by atoms with Crippen molar-refractivity contribution in [1.82, 2.24) is 5.32 Å². The minimum absolute atomic E-state index is 0.0600. The van der Waals surface area contributed by atoms with E-state index in [1.165, 1.54) is 0 Å². The van der Waals surface area contributed by atoms with Gasteiger partial charge in [0.05, 0.1) is 5.75 Å². The van der Waals surface area contributed by atoms with Crippen LogP contribution in [0.25, 0.3) is 0 Å². The molecule has 0 bridgehead atoms. The first kappa shape index (κ1) is 17.4. The Morgan fingerprint density at radius 2 is 2.14 bits per heavy atom. The molecule has 1 aromatic carbocycles. The third-order valence-corrected chi connectivity index (χ3v) is 5.26. The molecule has 3 nitrogen and oxygen atoms in total. The molecule has 1 N–H and O–H groups in total. The Labute approximate surface area is 141 Å². The van der Waals surface area contributed by atoms with Gasteiger partial charge in [-0.25, -0.2) is 0 Å². The lowest BCUT2D eigenvalue weighted by molar-refractivity contribution is -0.119. The molecule has 0 spiro atoms. The van der Waals surface area contributed by atoms with Gasteiger partial charge in [-0.15, -0.1) is 18.3 Å². The number of rotatable bonds is 7. The lowest BCUT2D eigenvalue weighted by Crippen LogP contribution is -2.45. The predicted octanol–water partition coefficient (Wildman–Crippen LogP) is 3.42. The van der Waals surface area contributed by atoms with Crippen molar-refractivity contribution in [3.63, 3.8) is 0 Å². The van der Waals surface area contributed by atoms with Crippen LogP contribution in [0.4, 0.5) is 0 Å². The molecule has 0 aliphatic carbocycles. The SMILES string of the molecule is C=CCSCC(=O)NCC1(c2ccccc2Cl)CCOCC1. The van der Waals surface area contributed by atoms with E-state index in [9.17, 15) is 4.79 Å². The zero-order chi connectivity index (χ0) is 15.8. The van der Waals surface area contributed by atoms with Crippen molar-refractivity contribution in [3.8, 4) is 0 Å². The van der Waals surface area contributed by atoms with Crippen LogP contribution in [-0.4, -0.2) is 37.2 Å². The second kappa shape index (κ2) is 8.61. The molecular weight excluding hydrogens is 318 g/mol. The monoisotopic (exact) mass is 339 g/mol. The van der Waals surface area contributed by atoms with E-state index in [0.717, 1.165) is 29.2 Å². The fourth-order valence-corrected chi connectivity index (χ4v) is 3.66. The van der Waals surface area contributed by atoms with E-state index in [4.69, 9.17) is 16.3 Å². The lowest BCUT2D eigenvalue weighted by Gasteiger charge is -2.38. The smallest absolute Gasteiger partial charge is 0.230 e. The van der Waals surface area contributed by atoms with Crippen LogP contribution in [0.1, 0.15) is 18.4 Å². The number of carbonyl (C=O) groups is 1. The summed E-state index contributed by atoms with van der Waals surface area (Å²) in [5, 5.41) is 3.83. The highest BCUT2D eigenvalue weighted by atomic mass is 35.5. The molecule has 1 fully saturated rings. The summed E-state index contributed by atoms with van der Waals surface area (Å²) in [5.41, 5.74) is 0.981. The number of ether oxygens (including phenoxy) is 1. The summed E-state index contributed by atoms with van der Waals surface area (Å²) in [7, 11) is 0. The van der Waals surface area contributed by atoms with Crippen molar-refractivity contribution < 1.29 is 9.53 Å². The normalized spacial score (nSPS) is 17.0. The van der Waals surface area contributed by atoms with E-state index in [-0.39, 0.29) is 11.3 Å². The zero-order valence-electron chi connectivity index (χ0n) is 12.6. The van der Waals surface area contributed by atoms with Gasteiger partial charge in [0.15, 0.2) is 0 Å². The molecule has 0 radical (unpaired) electrons. The van der Waals surface area contributed by atoms with Crippen molar-refractivity contribution in [2.45, 2.75) is 18.3 Å². The average Bonchev–Trinajstić information content (AvgIpc) is 2.54. The largest absolute Gasteiger partial charge is 0.381 e. The Bertz CT molecular complexity index is 515. The summed E-state index contributed by atoms with van der Waals surface area (Å²) in [6.45, 7) is 5.66. The average molecular weight is 340 g/mol. The van der Waals surface area contributed by atoms with Crippen LogP contribution in [-0.2, 0) is 14.9 Å². The van der Waals surface area contributed by atoms with Gasteiger partial charge in [0.25, 0.3) is 0 Å². The standard InChI is InChI=1S/C17H22ClNO2S/c1-2-11-22-12-16(20)19-13-17(7-9-21-10-8-17)14-5-3-4-6-15(14)18/h2-6H,1,7-13H2,(H,19,20). The summed E-state index contributed by atoms with van der Waals surface area (Å²) in [5.74, 6) is 1.31. The minimum Gasteiger partial charge on any atom is -0.381 e. The Morgan fingerprint density at radius 1 is 1.41 bits per heavy atom. The molecule has 1 aliphatic heterocycles. The summed E-state index contributed by atoms with van der Waals surface area (Å²) >= 11 is 7.96. The Hall–Kier alpha value is -0.970. The summed E-state index contributed by atoms with van der Waals surface area (Å²) in [6, 6.07) is 7.91. The highest BCUT2D eigenvalue weighted by Crippen LogP contribution is 2.38. The van der Waals surface area contributed by atoms with Crippen molar-refractivity contribution >= 4 is 29.3 Å². The molecule has 22 heavy (non-hydrogen) atoms. The molecule has 1 amide bonds. The quantitative estimate of drug-likeness (QED) is 0.611. The second-order valence-electron chi connectivity index (χ2n) is 5.45. The number of halogens is 1. The van der Waals surface area contributed by atoms with Crippen molar-refractivity contribution in [2.24, 2.45) is 0 Å². The van der Waals surface area contributed by atoms with Gasteiger partial charge < -0.3 is 10.1 Å². The number of benzene rings is 1. The molecular formula is C17H22ClNO2S. The van der Waals surface area contributed by atoms with Crippen LogP contribution < -0.4 is 5.32 Å². The molecule has 1 heterocycles. The number of hydrogen-bond acceptors (Lipinski definition) is 3. The zero-order valence-corrected chi connectivity index (χ0v) is 14.2. The van der Waals surface area contributed by atoms with Gasteiger partial charge in [0.1, 0.15) is 0 Å². The van der Waals surface area contributed by atoms with E-state index < -0.39 is 0 Å². The van der Waals surface area contributed by atoms with Gasteiger partial charge in [0.2, 0.25) is 5.91 Å². The molecule has 2 rings (SSSR count). The number of amides is 1. The van der Waals surface area contributed by atoms with E-state index in [1.54, 1.807) is 11.8 Å². The minimum atomic E-state index is -0.130. The molecule has 1 aromatic rings. The Balaban J connectivity index is 2.05. The van der Waals surface area contributed by atoms with Crippen LogP contribution in [0.2, 0.25) is 5.02 Å². The molecule has 120 valence electrons. The fraction of sp³-hybridized carbons (Fsp3) is 0.471. The predicted molar refractivity (Wildman–Crippen MR) is 93.7 cm³/mol. The van der Waals surface area contributed by atoms with Crippen molar-refractivity contribution in [3.05, 3.63) is 47.5 Å². The molecule has 5 heteroatoms. The summed E-state index contributed by atoms with van der Waals surface area (Å²) < 4.78 is 5.50. The number of carbonyl (C=O) groups excluding carboxylic acids is 1. The molecule has 0 unspecified atom stereocenters. The fourth-order valence-electron chi connectivity index (χ4n) is 2.75. The summed E-state index contributed by atoms with van der Waals surface area (Å²) in [4.78, 5) is 12.0. The van der Waals surface area contributed by atoms with Crippen LogP contribution >= 0.6 is 23.4 Å². The number of thioether (sulfide) groups is 1. The Kier molecular flexibility index (Phi) is 6.80. The molecule has 0 saturated carbocycles. The van der Waals surface area contributed by atoms with E-state index in [1.807, 2.05) is 24.3 Å². The van der Waals surface area contributed by atoms with Crippen LogP contribution in [0.5, 0.6) is 0 Å². The topological polar surface area (TPSA) is 38.3 Å². The first-order valence-electron chi connectivity index (χ1n) is 7.46. The molecule has 1 saturated heterocycles. The lowest BCUT2D eigenvalue weighted by atomic mass is 9.74. The van der Waals surface area contributed by atoms with Crippen LogP contribution in [0.15, 0.2) is 36.9 Å². The highest BCUT2D eigenvalue weighted by molar-refractivity contribution is 8.00. The first-order valence-corrected chi connectivity index (χ1v) is 8.99. The number of nitrogens with one attached hydrogen (secondary N) is 1. The van der Waals surface area contributed by atoms with Crippen LogP contribution in [0.3, 0.4) is 0 Å². The maximum Gasteiger partial charge on any atom is 0.230 e. The third-order valence-electron chi connectivity index (χ3n) is 3.99. The van der Waals surface area contributed by atoms with Crippen molar-refractivity contribution in [2.75, 3.05) is 31.3 Å². The number of hydrogen-bond donors (Lipinski definition) is 1. The van der Waals surface area contributed by atoms with Crippen LogP contribution in [0, 0.1) is 0 Å². The maximum absolute atomic E-state index is 12.0. The summed E-state index contributed by atoms with van der Waals surface area (Å²) in [6.07, 6.45) is 3.55. The van der Waals surface area contributed by atoms with Gasteiger partial charge in [-0.1, -0.05) is 35.9 Å². The van der Waals surface area contributed by atoms with E-state index >= 15 is 0 Å². The Morgan fingerprint density at radius 3 is 2.82 bits per heavy atom. The van der Waals surface area contributed by atoms with Gasteiger partial charge >= 0.3 is 0 Å². The molecule has 1 aliphatic rings. The van der Waals surface area contributed by atoms with Gasteiger partial charge in [-0.3, -0.25) is 4.79 Å². The van der Waals surface area contributed by atoms with Gasteiger partial charge in [-0.05, 0) is 24.5 Å². The first-order chi connectivity index (χ1) is 10.7. The maximum atomic E-state index is 12.0. The van der Waals surface area contributed by atoms with E-state index in [0.29, 0.717) is 25.5 Å². The molecule has 0 atom stereocenters. The third kappa shape index (κ3) is 4.51. The second-order valence-corrected chi connectivity index (χ2v) is 6.89. The highest BCUT2D eigenvalue weighted by Gasteiger charge is 2.36. The van der Waals surface area contributed by atoms with Crippen molar-refractivity contribution in [1.29, 1.82) is 0 Å². The molecule has 0 aromatic heterocycles.